The molecule has 29 heavy (non-hydrogen) atoms. The first-order valence-electron chi connectivity index (χ1n) is 8.98. The molecule has 0 aliphatic heterocycles. The number of esters is 1. The number of anilines is 1. The normalized spacial score (nSPS) is 10.8. The average molecular weight is 411 g/mol. The van der Waals surface area contributed by atoms with Gasteiger partial charge in [0, 0.05) is 0 Å². The van der Waals surface area contributed by atoms with Crippen LogP contribution in [-0.4, -0.2) is 44.9 Å². The molecule has 8 nitrogen and oxygen atoms in total. The van der Waals surface area contributed by atoms with Crippen molar-refractivity contribution in [3.05, 3.63) is 59.7 Å². The Hall–Kier alpha value is -3.20. The van der Waals surface area contributed by atoms with Crippen molar-refractivity contribution in [2.45, 2.75) is 24.9 Å². The van der Waals surface area contributed by atoms with Crippen molar-refractivity contribution in [1.82, 2.24) is 20.2 Å². The number of rotatable bonds is 7. The summed E-state index contributed by atoms with van der Waals surface area (Å²) in [5, 5.41) is 15.0. The minimum atomic E-state index is -0.512. The van der Waals surface area contributed by atoms with Crippen LogP contribution in [0, 0.1) is 0 Å². The monoisotopic (exact) mass is 411 g/mol. The van der Waals surface area contributed by atoms with E-state index in [1.54, 1.807) is 28.9 Å². The zero-order valence-electron chi connectivity index (χ0n) is 16.3. The molecule has 0 atom stereocenters. The quantitative estimate of drug-likeness (QED) is 0.470. The summed E-state index contributed by atoms with van der Waals surface area (Å²) in [5.74, 6) is -0.276. The Morgan fingerprint density at radius 1 is 1.14 bits per heavy atom. The highest BCUT2D eigenvalue weighted by Crippen LogP contribution is 2.22. The van der Waals surface area contributed by atoms with Gasteiger partial charge in [-0.15, -0.1) is 5.10 Å². The number of amides is 1. The number of carbonyl (C=O) groups excluding carboxylic acids is 2. The van der Waals surface area contributed by atoms with E-state index in [0.29, 0.717) is 22.3 Å². The number of hydrogen-bond donors (Lipinski definition) is 1. The number of para-hydroxylation sites is 1. The predicted molar refractivity (Wildman–Crippen MR) is 110 cm³/mol. The molecule has 2 aromatic carbocycles. The smallest absolute Gasteiger partial charge is 0.339 e. The molecule has 9 heteroatoms. The van der Waals surface area contributed by atoms with E-state index in [1.807, 2.05) is 24.3 Å². The maximum Gasteiger partial charge on any atom is 0.339 e. The van der Waals surface area contributed by atoms with E-state index in [2.05, 4.69) is 34.7 Å². The molecule has 0 saturated carbocycles. The lowest BCUT2D eigenvalue weighted by Crippen LogP contribution is -2.17. The Morgan fingerprint density at radius 2 is 1.86 bits per heavy atom. The van der Waals surface area contributed by atoms with Crippen molar-refractivity contribution in [1.29, 1.82) is 0 Å². The fourth-order valence-electron chi connectivity index (χ4n) is 2.63. The number of nitrogens with one attached hydrogen (secondary N) is 1. The second-order valence-electron chi connectivity index (χ2n) is 6.49. The van der Waals surface area contributed by atoms with Gasteiger partial charge in [-0.3, -0.25) is 4.79 Å². The second-order valence-corrected chi connectivity index (χ2v) is 7.44. The maximum atomic E-state index is 12.4. The fraction of sp³-hybridized carbons (Fsp3) is 0.250. The van der Waals surface area contributed by atoms with E-state index in [-0.39, 0.29) is 11.7 Å². The first kappa shape index (κ1) is 20.5. The minimum Gasteiger partial charge on any atom is -0.465 e. The molecule has 150 valence electrons. The van der Waals surface area contributed by atoms with Gasteiger partial charge in [-0.25, -0.2) is 4.79 Å². The molecule has 0 aliphatic rings. The molecule has 1 amide bonds. The van der Waals surface area contributed by atoms with Gasteiger partial charge in [0.25, 0.3) is 0 Å². The summed E-state index contributed by atoms with van der Waals surface area (Å²) in [6.45, 7) is 4.26. The van der Waals surface area contributed by atoms with Crippen LogP contribution >= 0.6 is 11.8 Å². The summed E-state index contributed by atoms with van der Waals surface area (Å²) < 4.78 is 6.33. The zero-order valence-corrected chi connectivity index (χ0v) is 17.1. The van der Waals surface area contributed by atoms with Crippen LogP contribution in [0.25, 0.3) is 5.69 Å². The number of methoxy groups -OCH3 is 1. The largest absolute Gasteiger partial charge is 0.465 e. The third kappa shape index (κ3) is 5.00. The SMILES string of the molecule is COC(=O)c1ccccc1NC(=O)CSc1nnnn1-c1ccc(C(C)C)cc1. The molecule has 0 spiro atoms. The van der Waals surface area contributed by atoms with Gasteiger partial charge in [0.05, 0.1) is 29.8 Å². The second kappa shape index (κ2) is 9.33. The Morgan fingerprint density at radius 3 is 2.55 bits per heavy atom. The number of hydrogen-bond acceptors (Lipinski definition) is 7. The zero-order chi connectivity index (χ0) is 20.8. The molecule has 0 unspecified atom stereocenters. The van der Waals surface area contributed by atoms with E-state index in [4.69, 9.17) is 4.74 Å². The fourth-order valence-corrected chi connectivity index (χ4v) is 3.32. The molecule has 1 aromatic heterocycles. The summed E-state index contributed by atoms with van der Waals surface area (Å²) in [4.78, 5) is 24.2. The number of carbonyl (C=O) groups is 2. The molecule has 3 aromatic rings. The van der Waals surface area contributed by atoms with E-state index < -0.39 is 5.97 Å². The van der Waals surface area contributed by atoms with E-state index >= 15 is 0 Å². The van der Waals surface area contributed by atoms with Crippen LogP contribution in [0.1, 0.15) is 35.7 Å². The molecule has 0 aliphatic carbocycles. The number of thioether (sulfide) groups is 1. The van der Waals surface area contributed by atoms with Crippen LogP contribution < -0.4 is 5.32 Å². The average Bonchev–Trinajstić information content (AvgIpc) is 3.21. The summed E-state index contributed by atoms with van der Waals surface area (Å²) in [6.07, 6.45) is 0. The third-order valence-corrected chi connectivity index (χ3v) is 5.10. The van der Waals surface area contributed by atoms with Crippen LogP contribution in [-0.2, 0) is 9.53 Å². The van der Waals surface area contributed by atoms with E-state index in [0.717, 1.165) is 5.69 Å². The van der Waals surface area contributed by atoms with Gasteiger partial charge in [-0.2, -0.15) is 4.68 Å². The highest BCUT2D eigenvalue weighted by atomic mass is 32.2. The van der Waals surface area contributed by atoms with Crippen LogP contribution in [0.5, 0.6) is 0 Å². The topological polar surface area (TPSA) is 99.0 Å². The molecular formula is C20H21N5O3S. The summed E-state index contributed by atoms with van der Waals surface area (Å²) >= 11 is 1.21. The number of benzene rings is 2. The van der Waals surface area contributed by atoms with Gasteiger partial charge in [-0.1, -0.05) is 49.9 Å². The van der Waals surface area contributed by atoms with Crippen molar-refractivity contribution in [2.75, 3.05) is 18.2 Å². The lowest BCUT2D eigenvalue weighted by Gasteiger charge is -2.10. The summed E-state index contributed by atoms with van der Waals surface area (Å²) in [7, 11) is 1.30. The van der Waals surface area contributed by atoms with Crippen molar-refractivity contribution in [3.8, 4) is 5.69 Å². The Bertz CT molecular complexity index is 1000. The number of tetrazole rings is 1. The molecule has 3 rings (SSSR count). The van der Waals surface area contributed by atoms with Crippen LogP contribution in [0.2, 0.25) is 0 Å². The molecular weight excluding hydrogens is 390 g/mol. The van der Waals surface area contributed by atoms with Crippen molar-refractivity contribution < 1.29 is 14.3 Å². The van der Waals surface area contributed by atoms with Gasteiger partial charge in [-0.05, 0) is 46.2 Å². The molecule has 0 bridgehead atoms. The maximum absolute atomic E-state index is 12.4. The molecule has 0 fully saturated rings. The minimum absolute atomic E-state index is 0.0833. The van der Waals surface area contributed by atoms with Gasteiger partial charge in [0.15, 0.2) is 0 Å². The van der Waals surface area contributed by atoms with Gasteiger partial charge in [0.1, 0.15) is 0 Å². The van der Waals surface area contributed by atoms with E-state index in [1.165, 1.54) is 24.4 Å². The van der Waals surface area contributed by atoms with Crippen molar-refractivity contribution in [2.24, 2.45) is 0 Å². The van der Waals surface area contributed by atoms with Crippen LogP contribution in [0.3, 0.4) is 0 Å². The predicted octanol–water partition coefficient (Wildman–Crippen LogP) is 3.30. The molecule has 1 N–H and O–H groups in total. The first-order chi connectivity index (χ1) is 14.0. The van der Waals surface area contributed by atoms with Crippen LogP contribution in [0.15, 0.2) is 53.7 Å². The van der Waals surface area contributed by atoms with Crippen molar-refractivity contribution >= 4 is 29.3 Å². The number of nitrogens with zero attached hydrogens (tertiary/aromatic N) is 4. The Kier molecular flexibility index (Phi) is 6.61. The number of ether oxygens (including phenoxy) is 1. The van der Waals surface area contributed by atoms with Gasteiger partial charge in [0.2, 0.25) is 11.1 Å². The van der Waals surface area contributed by atoms with Crippen LogP contribution in [0.4, 0.5) is 5.69 Å². The molecule has 0 saturated heterocycles. The highest BCUT2D eigenvalue weighted by Gasteiger charge is 2.15. The number of aromatic nitrogens is 4. The molecule has 1 heterocycles. The van der Waals surface area contributed by atoms with Crippen molar-refractivity contribution in [3.63, 3.8) is 0 Å². The standard InChI is InChI=1S/C20H21N5O3S/c1-13(2)14-8-10-15(11-9-14)25-20(22-23-24-25)29-12-18(26)21-17-7-5-4-6-16(17)19(27)28-3/h4-11,13H,12H2,1-3H3,(H,21,26). The lowest BCUT2D eigenvalue weighted by molar-refractivity contribution is -0.113. The first-order valence-corrected chi connectivity index (χ1v) is 9.97. The Balaban J connectivity index is 1.67. The Labute approximate surface area is 172 Å². The van der Waals surface area contributed by atoms with Gasteiger partial charge >= 0.3 is 5.97 Å². The third-order valence-electron chi connectivity index (χ3n) is 4.18. The highest BCUT2D eigenvalue weighted by molar-refractivity contribution is 7.99. The summed E-state index contributed by atoms with van der Waals surface area (Å²) in [6, 6.07) is 14.6. The molecule has 0 radical (unpaired) electrons. The van der Waals surface area contributed by atoms with E-state index in [9.17, 15) is 9.59 Å². The lowest BCUT2D eigenvalue weighted by atomic mass is 10.0. The summed E-state index contributed by atoms with van der Waals surface area (Å²) in [5.41, 5.74) is 2.73. The van der Waals surface area contributed by atoms with Gasteiger partial charge < -0.3 is 10.1 Å².